The summed E-state index contributed by atoms with van der Waals surface area (Å²) in [5.41, 5.74) is 0.0507. The van der Waals surface area contributed by atoms with Crippen LogP contribution in [0.15, 0.2) is 21.5 Å². The summed E-state index contributed by atoms with van der Waals surface area (Å²) in [4.78, 5) is -0.462. The molecule has 0 spiro atoms. The van der Waals surface area contributed by atoms with Crippen molar-refractivity contribution in [3.8, 4) is 6.07 Å². The van der Waals surface area contributed by atoms with Crippen LogP contribution in [-0.4, -0.2) is 26.7 Å². The molecule has 0 radical (unpaired) electrons. The molecule has 1 aromatic carbocycles. The lowest BCUT2D eigenvalue weighted by molar-refractivity contribution is 0.0996. The van der Waals surface area contributed by atoms with Crippen LogP contribution in [0.3, 0.4) is 0 Å². The summed E-state index contributed by atoms with van der Waals surface area (Å²) in [6.45, 7) is 0. The van der Waals surface area contributed by atoms with Crippen LogP contribution in [0.5, 0.6) is 0 Å². The van der Waals surface area contributed by atoms with Crippen LogP contribution in [0.1, 0.15) is 24.8 Å². The number of hydrogen-bond acceptors (Lipinski definition) is 4. The third-order valence-electron chi connectivity index (χ3n) is 3.84. The lowest BCUT2D eigenvalue weighted by atomic mass is 9.96. The molecule has 0 amide bonds. The number of rotatable bonds is 3. The molecule has 0 aliphatic carbocycles. The number of benzene rings is 1. The zero-order valence-electron chi connectivity index (χ0n) is 10.8. The topological polar surface area (TPSA) is 79.2 Å². The summed E-state index contributed by atoms with van der Waals surface area (Å²) in [6.07, 6.45) is 2.34. The van der Waals surface area contributed by atoms with E-state index in [0.717, 1.165) is 25.0 Å². The molecule has 2 aliphatic rings. The van der Waals surface area contributed by atoms with Crippen molar-refractivity contribution in [3.05, 3.63) is 28.0 Å². The normalized spacial score (nSPS) is 27.8. The van der Waals surface area contributed by atoms with Crippen molar-refractivity contribution in [2.45, 2.75) is 42.4 Å². The number of nitrogens with zero attached hydrogens (tertiary/aromatic N) is 1. The van der Waals surface area contributed by atoms with Gasteiger partial charge in [-0.3, -0.25) is 0 Å². The zero-order valence-corrected chi connectivity index (χ0v) is 13.2. The first-order valence-electron chi connectivity index (χ1n) is 6.47. The van der Waals surface area contributed by atoms with Crippen molar-refractivity contribution >= 4 is 26.0 Å². The van der Waals surface area contributed by atoms with Gasteiger partial charge in [-0.2, -0.15) is 5.26 Å². The Bertz CT molecular complexity index is 732. The van der Waals surface area contributed by atoms with Gasteiger partial charge in [-0.25, -0.2) is 17.5 Å². The second kappa shape index (κ2) is 5.32. The van der Waals surface area contributed by atoms with Crippen molar-refractivity contribution < 1.29 is 17.5 Å². The number of nitriles is 1. The Balaban J connectivity index is 1.89. The van der Waals surface area contributed by atoms with Gasteiger partial charge in [0, 0.05) is 4.47 Å². The predicted molar refractivity (Wildman–Crippen MR) is 75.4 cm³/mol. The van der Waals surface area contributed by atoms with Crippen LogP contribution in [0.2, 0.25) is 0 Å². The summed E-state index contributed by atoms with van der Waals surface area (Å²) in [5, 5.41) is 8.81. The van der Waals surface area contributed by atoms with Gasteiger partial charge in [0.25, 0.3) is 0 Å². The number of fused-ring (bicyclic) bond motifs is 2. The molecule has 2 heterocycles. The molecule has 2 bridgehead atoms. The molecule has 2 aliphatic heterocycles. The summed E-state index contributed by atoms with van der Waals surface area (Å²) in [7, 11) is -3.99. The van der Waals surface area contributed by atoms with Crippen molar-refractivity contribution in [3.63, 3.8) is 0 Å². The number of sulfonamides is 1. The summed E-state index contributed by atoms with van der Waals surface area (Å²) >= 11 is 3.07. The fourth-order valence-corrected chi connectivity index (χ4v) is 4.79. The highest BCUT2D eigenvalue weighted by atomic mass is 79.9. The van der Waals surface area contributed by atoms with Crippen LogP contribution >= 0.6 is 15.9 Å². The number of nitrogens with one attached hydrogen (secondary N) is 1. The standard InChI is InChI=1S/C13H12BrFN2O3S/c14-9-5-13(10(15)3-7(9)6-16)21(18,19)17-11-4-8-1-2-12(11)20-8/h3,5,8,11-12,17H,1-2,4H2. The van der Waals surface area contributed by atoms with Crippen molar-refractivity contribution in [2.24, 2.45) is 0 Å². The second-order valence-electron chi connectivity index (χ2n) is 5.21. The minimum Gasteiger partial charge on any atom is -0.373 e. The highest BCUT2D eigenvalue weighted by Gasteiger charge is 2.42. The lowest BCUT2D eigenvalue weighted by Crippen LogP contribution is -2.41. The van der Waals surface area contributed by atoms with Gasteiger partial charge in [0.1, 0.15) is 16.8 Å². The number of hydrogen-bond donors (Lipinski definition) is 1. The largest absolute Gasteiger partial charge is 0.373 e. The van der Waals surface area contributed by atoms with Gasteiger partial charge in [0.2, 0.25) is 10.0 Å². The van der Waals surface area contributed by atoms with Gasteiger partial charge in [-0.15, -0.1) is 0 Å². The third kappa shape index (κ3) is 2.71. The molecule has 8 heteroatoms. The van der Waals surface area contributed by atoms with E-state index in [2.05, 4.69) is 20.7 Å². The first kappa shape index (κ1) is 14.9. The molecule has 3 atom stereocenters. The van der Waals surface area contributed by atoms with Crippen molar-refractivity contribution in [1.82, 2.24) is 4.72 Å². The SMILES string of the molecule is N#Cc1cc(F)c(S(=O)(=O)NC2CC3CCC2O3)cc1Br. The van der Waals surface area contributed by atoms with Crippen molar-refractivity contribution in [1.29, 1.82) is 5.26 Å². The van der Waals surface area contributed by atoms with Crippen LogP contribution in [0.4, 0.5) is 4.39 Å². The monoisotopic (exact) mass is 374 g/mol. The maximum absolute atomic E-state index is 14.0. The van der Waals surface area contributed by atoms with Gasteiger partial charge in [-0.05, 0) is 47.3 Å². The average Bonchev–Trinajstić information content (AvgIpc) is 3.02. The summed E-state index contributed by atoms with van der Waals surface area (Å²) in [6, 6.07) is 3.50. The molecule has 1 aromatic rings. The predicted octanol–water partition coefficient (Wildman–Crippen LogP) is 2.06. The Morgan fingerprint density at radius 1 is 1.43 bits per heavy atom. The number of ether oxygens (including phenoxy) is 1. The minimum atomic E-state index is -3.99. The lowest BCUT2D eigenvalue weighted by Gasteiger charge is -2.20. The van der Waals surface area contributed by atoms with E-state index in [0.29, 0.717) is 6.42 Å². The van der Waals surface area contributed by atoms with E-state index in [-0.39, 0.29) is 28.3 Å². The Kier molecular flexibility index (Phi) is 3.78. The Labute approximate surface area is 130 Å². The van der Waals surface area contributed by atoms with E-state index >= 15 is 0 Å². The quantitative estimate of drug-likeness (QED) is 0.877. The van der Waals surface area contributed by atoms with E-state index in [1.807, 2.05) is 0 Å². The molecule has 112 valence electrons. The Morgan fingerprint density at radius 3 is 2.76 bits per heavy atom. The van der Waals surface area contributed by atoms with Crippen LogP contribution in [-0.2, 0) is 14.8 Å². The molecule has 2 fully saturated rings. The summed E-state index contributed by atoms with van der Waals surface area (Å²) in [5.74, 6) is -0.939. The highest BCUT2D eigenvalue weighted by molar-refractivity contribution is 9.10. The first-order valence-corrected chi connectivity index (χ1v) is 8.75. The maximum atomic E-state index is 14.0. The van der Waals surface area contributed by atoms with E-state index in [4.69, 9.17) is 10.00 Å². The molecule has 3 unspecified atom stereocenters. The first-order chi connectivity index (χ1) is 9.90. The molecule has 0 aromatic heterocycles. The van der Waals surface area contributed by atoms with Gasteiger partial charge < -0.3 is 4.74 Å². The Morgan fingerprint density at radius 2 is 2.19 bits per heavy atom. The minimum absolute atomic E-state index is 0.0507. The zero-order chi connectivity index (χ0) is 15.2. The molecule has 3 rings (SSSR count). The van der Waals surface area contributed by atoms with Crippen LogP contribution in [0, 0.1) is 17.1 Å². The molecule has 5 nitrogen and oxygen atoms in total. The molecule has 2 saturated heterocycles. The van der Waals surface area contributed by atoms with Gasteiger partial charge >= 0.3 is 0 Å². The molecule has 1 N–H and O–H groups in total. The maximum Gasteiger partial charge on any atom is 0.243 e. The van der Waals surface area contributed by atoms with Crippen LogP contribution < -0.4 is 4.72 Å². The second-order valence-corrected chi connectivity index (χ2v) is 7.75. The van der Waals surface area contributed by atoms with Gasteiger partial charge in [-0.1, -0.05) is 0 Å². The van der Waals surface area contributed by atoms with Gasteiger partial charge in [0.15, 0.2) is 0 Å². The molecule has 21 heavy (non-hydrogen) atoms. The molecule has 0 saturated carbocycles. The fraction of sp³-hybridized carbons (Fsp3) is 0.462. The van der Waals surface area contributed by atoms with E-state index in [1.165, 1.54) is 0 Å². The fourth-order valence-electron chi connectivity index (χ4n) is 2.84. The summed E-state index contributed by atoms with van der Waals surface area (Å²) < 4.78 is 46.9. The van der Waals surface area contributed by atoms with E-state index < -0.39 is 20.7 Å². The third-order valence-corrected chi connectivity index (χ3v) is 6.01. The molecular weight excluding hydrogens is 363 g/mol. The highest BCUT2D eigenvalue weighted by Crippen LogP contribution is 2.35. The van der Waals surface area contributed by atoms with E-state index in [9.17, 15) is 12.8 Å². The average molecular weight is 375 g/mol. The van der Waals surface area contributed by atoms with Crippen molar-refractivity contribution in [2.75, 3.05) is 0 Å². The van der Waals surface area contributed by atoms with E-state index in [1.54, 1.807) is 6.07 Å². The smallest absolute Gasteiger partial charge is 0.243 e. The Hall–Kier alpha value is -1.01. The number of halogens is 2. The van der Waals surface area contributed by atoms with Crippen LogP contribution in [0.25, 0.3) is 0 Å². The van der Waals surface area contributed by atoms with Gasteiger partial charge in [0.05, 0.1) is 23.8 Å². The molecular formula is C13H12BrFN2O3S.